The molecule has 0 rings (SSSR count). The molecule has 0 saturated heterocycles. The molecule has 0 aromatic carbocycles. The highest BCUT2D eigenvalue weighted by Crippen LogP contribution is 2.45. The van der Waals surface area contributed by atoms with Crippen LogP contribution in [0.3, 0.4) is 0 Å². The Bertz CT molecular complexity index is 1820. The molecule has 564 valence electrons. The molecule has 0 aromatic rings. The molecule has 2 unspecified atom stereocenters. The number of phosphoric ester groups is 2. The van der Waals surface area contributed by atoms with Crippen molar-refractivity contribution in [3.8, 4) is 0 Å². The Hall–Kier alpha value is -1.94. The standard InChI is InChI=1S/C76H148O17P2/c1-6-9-12-15-18-21-23-25-27-28-29-30-32-38-42-47-52-57-62-76(81)93-72(66-87-74(79)60-55-50-45-40-36-34-33-35-39-43-48-53-58-69(4)5)68-91-95(84,85)89-64-70(77)63-88-94(82,83)90-67-71(65-86-73(78)59-54-49-44-20-17-14-11-8-3)92-75(80)61-56-51-46-41-37-31-26-24-22-19-16-13-10-7-2/h69-72,77H,6-68H2,1-5H3,(H,82,83)(H,84,85)/t70-,71+,72+/m0/s1. The molecule has 17 nitrogen and oxygen atoms in total. The van der Waals surface area contributed by atoms with Crippen molar-refractivity contribution < 1.29 is 80.2 Å². The van der Waals surface area contributed by atoms with Crippen LogP contribution < -0.4 is 0 Å². The molecule has 19 heteroatoms. The van der Waals surface area contributed by atoms with Gasteiger partial charge >= 0.3 is 39.5 Å². The van der Waals surface area contributed by atoms with Crippen LogP contribution in [0.1, 0.15) is 401 Å². The Morgan fingerprint density at radius 2 is 0.484 bits per heavy atom. The average Bonchev–Trinajstić information content (AvgIpc) is 3.35. The third-order valence-electron chi connectivity index (χ3n) is 17.8. The summed E-state index contributed by atoms with van der Waals surface area (Å²) in [6.45, 7) is 7.29. The molecular formula is C76H148O17P2. The van der Waals surface area contributed by atoms with Gasteiger partial charge in [-0.2, -0.15) is 0 Å². The summed E-state index contributed by atoms with van der Waals surface area (Å²) in [4.78, 5) is 72.7. The Balaban J connectivity index is 5.21. The molecule has 0 aliphatic rings. The number of aliphatic hydroxyl groups is 1. The molecule has 95 heavy (non-hydrogen) atoms. The second-order valence-electron chi connectivity index (χ2n) is 27.9. The van der Waals surface area contributed by atoms with Crippen LogP contribution >= 0.6 is 15.6 Å². The molecule has 0 fully saturated rings. The molecule has 0 amide bonds. The second-order valence-corrected chi connectivity index (χ2v) is 30.8. The highest BCUT2D eigenvalue weighted by atomic mass is 31.2. The quantitative estimate of drug-likeness (QED) is 0.0222. The maximum absolute atomic E-state index is 13.1. The van der Waals surface area contributed by atoms with Crippen LogP contribution in [0.5, 0.6) is 0 Å². The fourth-order valence-corrected chi connectivity index (χ4v) is 13.3. The maximum atomic E-state index is 13.1. The second kappa shape index (κ2) is 69.2. The van der Waals surface area contributed by atoms with Crippen LogP contribution in [-0.2, 0) is 65.4 Å². The summed E-state index contributed by atoms with van der Waals surface area (Å²) in [5.41, 5.74) is 0. The van der Waals surface area contributed by atoms with Crippen molar-refractivity contribution in [1.29, 1.82) is 0 Å². The summed E-state index contributed by atoms with van der Waals surface area (Å²) >= 11 is 0. The Kier molecular flexibility index (Phi) is 67.7. The number of carbonyl (C=O) groups excluding carboxylic acids is 4. The van der Waals surface area contributed by atoms with E-state index in [1.54, 1.807) is 0 Å². The molecule has 0 heterocycles. The Morgan fingerprint density at radius 3 is 0.716 bits per heavy atom. The number of carbonyl (C=O) groups is 4. The maximum Gasteiger partial charge on any atom is 0.472 e. The SMILES string of the molecule is CCCCCCCCCCCCCCCCCCCCC(=O)O[C@H](COC(=O)CCCCCCCCCCCCCCC(C)C)COP(=O)(O)OC[C@@H](O)COP(=O)(O)OC[C@@H](COC(=O)CCCCCCCCCC)OC(=O)CCCCCCCCCCCCCCCC. The summed E-state index contributed by atoms with van der Waals surface area (Å²) < 4.78 is 68.5. The van der Waals surface area contributed by atoms with E-state index in [-0.39, 0.29) is 25.7 Å². The molecular weight excluding hydrogens is 1250 g/mol. The van der Waals surface area contributed by atoms with E-state index in [0.717, 1.165) is 102 Å². The number of ether oxygens (including phenoxy) is 4. The number of hydrogen-bond donors (Lipinski definition) is 3. The lowest BCUT2D eigenvalue weighted by Crippen LogP contribution is -2.30. The van der Waals surface area contributed by atoms with E-state index in [1.807, 2.05) is 0 Å². The van der Waals surface area contributed by atoms with Gasteiger partial charge < -0.3 is 33.8 Å². The first-order valence-corrected chi connectivity index (χ1v) is 42.6. The van der Waals surface area contributed by atoms with Gasteiger partial charge in [0, 0.05) is 25.7 Å². The van der Waals surface area contributed by atoms with Crippen LogP contribution in [0.2, 0.25) is 0 Å². The van der Waals surface area contributed by atoms with E-state index in [9.17, 15) is 43.2 Å². The van der Waals surface area contributed by atoms with Crippen molar-refractivity contribution in [3.05, 3.63) is 0 Å². The van der Waals surface area contributed by atoms with Crippen molar-refractivity contribution in [2.75, 3.05) is 39.6 Å². The number of esters is 4. The van der Waals surface area contributed by atoms with E-state index < -0.39 is 97.5 Å². The normalized spacial score (nSPS) is 13.9. The van der Waals surface area contributed by atoms with E-state index in [1.165, 1.54) is 218 Å². The predicted molar refractivity (Wildman–Crippen MR) is 386 cm³/mol. The number of aliphatic hydroxyl groups excluding tert-OH is 1. The lowest BCUT2D eigenvalue weighted by Gasteiger charge is -2.21. The Morgan fingerprint density at radius 1 is 0.284 bits per heavy atom. The third-order valence-corrected chi connectivity index (χ3v) is 19.7. The van der Waals surface area contributed by atoms with Gasteiger partial charge in [0.2, 0.25) is 0 Å². The van der Waals surface area contributed by atoms with Crippen molar-refractivity contribution in [3.63, 3.8) is 0 Å². The fraction of sp³-hybridized carbons (Fsp3) is 0.947. The molecule has 5 atom stereocenters. The summed E-state index contributed by atoms with van der Waals surface area (Å²) in [5.74, 6) is -1.33. The fourth-order valence-electron chi connectivity index (χ4n) is 11.7. The number of unbranched alkanes of at least 4 members (excludes halogenated alkanes) is 48. The van der Waals surface area contributed by atoms with E-state index in [0.29, 0.717) is 25.7 Å². The first-order valence-electron chi connectivity index (χ1n) is 39.6. The van der Waals surface area contributed by atoms with Gasteiger partial charge in [0.05, 0.1) is 26.4 Å². The van der Waals surface area contributed by atoms with Gasteiger partial charge in [0.15, 0.2) is 12.2 Å². The van der Waals surface area contributed by atoms with E-state index in [2.05, 4.69) is 34.6 Å². The van der Waals surface area contributed by atoms with Gasteiger partial charge in [-0.25, -0.2) is 9.13 Å². The van der Waals surface area contributed by atoms with Crippen LogP contribution in [-0.4, -0.2) is 96.7 Å². The number of rotatable bonds is 76. The molecule has 0 aromatic heterocycles. The largest absolute Gasteiger partial charge is 0.472 e. The van der Waals surface area contributed by atoms with E-state index >= 15 is 0 Å². The Labute approximate surface area is 581 Å². The zero-order valence-electron chi connectivity index (χ0n) is 61.8. The van der Waals surface area contributed by atoms with Gasteiger partial charge in [0.1, 0.15) is 19.3 Å². The van der Waals surface area contributed by atoms with Crippen LogP contribution in [0, 0.1) is 5.92 Å². The van der Waals surface area contributed by atoms with Gasteiger partial charge in [-0.1, -0.05) is 349 Å². The van der Waals surface area contributed by atoms with Crippen molar-refractivity contribution >= 4 is 39.5 Å². The molecule has 0 radical (unpaired) electrons. The topological polar surface area (TPSA) is 237 Å². The third kappa shape index (κ3) is 70.3. The summed E-state index contributed by atoms with van der Waals surface area (Å²) in [6.07, 6.45) is 58.2. The molecule has 0 aliphatic heterocycles. The molecule has 0 bridgehead atoms. The van der Waals surface area contributed by atoms with Crippen LogP contribution in [0.4, 0.5) is 0 Å². The average molecular weight is 1400 g/mol. The summed E-state index contributed by atoms with van der Waals surface area (Å²) in [5, 5.41) is 10.6. The van der Waals surface area contributed by atoms with Gasteiger partial charge in [0.25, 0.3) is 0 Å². The number of hydrogen-bond acceptors (Lipinski definition) is 15. The first kappa shape index (κ1) is 93.1. The highest BCUT2D eigenvalue weighted by molar-refractivity contribution is 7.47. The van der Waals surface area contributed by atoms with E-state index in [4.69, 9.17) is 37.0 Å². The highest BCUT2D eigenvalue weighted by Gasteiger charge is 2.30. The van der Waals surface area contributed by atoms with Crippen molar-refractivity contribution in [2.45, 2.75) is 419 Å². The number of phosphoric acid groups is 2. The minimum Gasteiger partial charge on any atom is -0.462 e. The summed E-state index contributed by atoms with van der Waals surface area (Å²) in [6, 6.07) is 0. The lowest BCUT2D eigenvalue weighted by atomic mass is 10.0. The minimum atomic E-state index is -4.96. The first-order chi connectivity index (χ1) is 46.0. The minimum absolute atomic E-state index is 0.108. The molecule has 0 aliphatic carbocycles. The van der Waals surface area contributed by atoms with Crippen LogP contribution in [0.15, 0.2) is 0 Å². The molecule has 0 spiro atoms. The molecule has 0 saturated carbocycles. The van der Waals surface area contributed by atoms with Gasteiger partial charge in [-0.15, -0.1) is 0 Å². The smallest absolute Gasteiger partial charge is 0.462 e. The van der Waals surface area contributed by atoms with Crippen molar-refractivity contribution in [1.82, 2.24) is 0 Å². The van der Waals surface area contributed by atoms with Gasteiger partial charge in [-0.05, 0) is 31.6 Å². The molecule has 3 N–H and O–H groups in total. The van der Waals surface area contributed by atoms with Crippen LogP contribution in [0.25, 0.3) is 0 Å². The zero-order chi connectivity index (χ0) is 69.8. The van der Waals surface area contributed by atoms with Crippen molar-refractivity contribution in [2.24, 2.45) is 5.92 Å². The zero-order valence-corrected chi connectivity index (χ0v) is 63.6. The predicted octanol–water partition coefficient (Wildman–Crippen LogP) is 22.5. The monoisotopic (exact) mass is 1400 g/mol. The summed E-state index contributed by atoms with van der Waals surface area (Å²) in [7, 11) is -9.91. The van der Waals surface area contributed by atoms with Gasteiger partial charge in [-0.3, -0.25) is 37.3 Å². The lowest BCUT2D eigenvalue weighted by molar-refractivity contribution is -0.161.